The average molecular weight is 170 g/mol. The Balaban J connectivity index is 2.67. The summed E-state index contributed by atoms with van der Waals surface area (Å²) in [5, 5.41) is 2.16. The van der Waals surface area contributed by atoms with E-state index in [0.29, 0.717) is 0 Å². The van der Waals surface area contributed by atoms with E-state index >= 15 is 0 Å². The van der Waals surface area contributed by atoms with Crippen LogP contribution < -0.4 is 11.1 Å². The Morgan fingerprint density at radius 2 is 2.00 bits per heavy atom. The zero-order valence-electron chi connectivity index (χ0n) is 6.70. The molecule has 1 aliphatic heterocycles. The maximum atomic E-state index is 10.8. The average Bonchev–Trinajstić information content (AvgIpc) is 2.01. The van der Waals surface area contributed by atoms with Crippen molar-refractivity contribution in [1.82, 2.24) is 10.2 Å². The molecule has 1 heterocycles. The van der Waals surface area contributed by atoms with Crippen LogP contribution in [-0.2, 0) is 9.59 Å². The van der Waals surface area contributed by atoms with Crippen LogP contribution in [0.4, 0.5) is 0 Å². The van der Waals surface area contributed by atoms with Crippen LogP contribution in [0, 0.1) is 0 Å². The van der Waals surface area contributed by atoms with Crippen molar-refractivity contribution >= 4 is 17.8 Å². The SMILES string of the molecule is CN=C(N)N1CC(=O)NC(=O)C1. The molecule has 0 aromatic carbocycles. The van der Waals surface area contributed by atoms with Crippen molar-refractivity contribution < 1.29 is 9.59 Å². The Morgan fingerprint density at radius 3 is 2.42 bits per heavy atom. The maximum absolute atomic E-state index is 10.8. The second-order valence-corrected chi connectivity index (χ2v) is 2.41. The topological polar surface area (TPSA) is 87.8 Å². The Hall–Kier alpha value is -1.59. The van der Waals surface area contributed by atoms with Gasteiger partial charge in [-0.1, -0.05) is 0 Å². The molecule has 0 radical (unpaired) electrons. The van der Waals surface area contributed by atoms with E-state index in [4.69, 9.17) is 5.73 Å². The number of rotatable bonds is 0. The molecule has 0 aromatic heterocycles. The molecule has 2 amide bonds. The van der Waals surface area contributed by atoms with E-state index in [1.165, 1.54) is 11.9 Å². The minimum Gasteiger partial charge on any atom is -0.370 e. The van der Waals surface area contributed by atoms with Crippen molar-refractivity contribution in [2.45, 2.75) is 0 Å². The number of hydrogen-bond donors (Lipinski definition) is 2. The van der Waals surface area contributed by atoms with E-state index in [9.17, 15) is 9.59 Å². The minimum atomic E-state index is -0.349. The molecule has 0 saturated carbocycles. The van der Waals surface area contributed by atoms with Crippen LogP contribution in [-0.4, -0.2) is 42.8 Å². The van der Waals surface area contributed by atoms with Gasteiger partial charge in [-0.05, 0) is 0 Å². The van der Waals surface area contributed by atoms with Gasteiger partial charge >= 0.3 is 0 Å². The van der Waals surface area contributed by atoms with Crippen molar-refractivity contribution in [2.75, 3.05) is 20.1 Å². The van der Waals surface area contributed by atoms with Crippen molar-refractivity contribution in [2.24, 2.45) is 10.7 Å². The number of nitrogens with zero attached hydrogens (tertiary/aromatic N) is 2. The number of carbonyl (C=O) groups is 2. The molecule has 0 aromatic rings. The van der Waals surface area contributed by atoms with Gasteiger partial charge in [0.15, 0.2) is 5.96 Å². The molecule has 0 unspecified atom stereocenters. The highest BCUT2D eigenvalue weighted by Gasteiger charge is 2.23. The fraction of sp³-hybridized carbons (Fsp3) is 0.500. The molecule has 1 rings (SSSR count). The van der Waals surface area contributed by atoms with Crippen molar-refractivity contribution in [3.8, 4) is 0 Å². The summed E-state index contributed by atoms with van der Waals surface area (Å²) in [4.78, 5) is 26.7. The number of nitrogens with one attached hydrogen (secondary N) is 1. The van der Waals surface area contributed by atoms with Gasteiger partial charge in [0.25, 0.3) is 0 Å². The van der Waals surface area contributed by atoms with Gasteiger partial charge < -0.3 is 10.6 Å². The quantitative estimate of drug-likeness (QED) is 0.247. The van der Waals surface area contributed by atoms with Crippen LogP contribution in [0.25, 0.3) is 0 Å². The molecule has 6 nitrogen and oxygen atoms in total. The zero-order valence-corrected chi connectivity index (χ0v) is 6.70. The fourth-order valence-corrected chi connectivity index (χ4v) is 0.941. The minimum absolute atomic E-state index is 0.0922. The van der Waals surface area contributed by atoms with E-state index in [-0.39, 0.29) is 30.9 Å². The predicted molar refractivity (Wildman–Crippen MR) is 42.3 cm³/mol. The van der Waals surface area contributed by atoms with Crippen molar-refractivity contribution in [1.29, 1.82) is 0 Å². The largest absolute Gasteiger partial charge is 0.370 e. The standard InChI is InChI=1S/C6H10N4O2/c1-8-6(7)10-2-4(11)9-5(12)3-10/h2-3H2,1H3,(H2,7,8)(H,9,11,12). The van der Waals surface area contributed by atoms with Gasteiger partial charge in [-0.3, -0.25) is 19.9 Å². The van der Waals surface area contributed by atoms with E-state index in [2.05, 4.69) is 10.3 Å². The Bertz CT molecular complexity index is 232. The lowest BCUT2D eigenvalue weighted by Crippen LogP contribution is -2.55. The van der Waals surface area contributed by atoms with E-state index in [0.717, 1.165) is 0 Å². The molecule has 12 heavy (non-hydrogen) atoms. The molecule has 6 heteroatoms. The van der Waals surface area contributed by atoms with E-state index in [1.807, 2.05) is 0 Å². The molecule has 1 aliphatic rings. The summed E-state index contributed by atoms with van der Waals surface area (Å²) in [5.74, 6) is -0.492. The summed E-state index contributed by atoms with van der Waals surface area (Å²) in [6.45, 7) is 0.184. The third-order valence-electron chi connectivity index (χ3n) is 1.50. The van der Waals surface area contributed by atoms with Gasteiger partial charge in [0.05, 0.1) is 0 Å². The molecule has 3 N–H and O–H groups in total. The predicted octanol–water partition coefficient (Wildman–Crippen LogP) is -2.11. The molecule has 1 fully saturated rings. The molecular formula is C6H10N4O2. The second-order valence-electron chi connectivity index (χ2n) is 2.41. The summed E-state index contributed by atoms with van der Waals surface area (Å²) in [6, 6.07) is 0. The molecule has 0 spiro atoms. The number of carbonyl (C=O) groups excluding carboxylic acids is 2. The summed E-state index contributed by atoms with van der Waals surface area (Å²) in [7, 11) is 1.51. The zero-order chi connectivity index (χ0) is 9.14. The van der Waals surface area contributed by atoms with Gasteiger partial charge in [0, 0.05) is 7.05 Å². The van der Waals surface area contributed by atoms with E-state index < -0.39 is 0 Å². The number of guanidine groups is 1. The first-order chi connectivity index (χ1) is 5.63. The first-order valence-electron chi connectivity index (χ1n) is 3.43. The summed E-state index contributed by atoms with van der Waals surface area (Å²) in [5.41, 5.74) is 5.42. The third kappa shape index (κ3) is 1.71. The fourth-order valence-electron chi connectivity index (χ4n) is 0.941. The molecular weight excluding hydrogens is 160 g/mol. The molecule has 0 bridgehead atoms. The molecule has 66 valence electrons. The van der Waals surface area contributed by atoms with Crippen molar-refractivity contribution in [3.05, 3.63) is 0 Å². The highest BCUT2D eigenvalue weighted by atomic mass is 16.2. The monoisotopic (exact) mass is 170 g/mol. The highest BCUT2D eigenvalue weighted by molar-refractivity contribution is 6.02. The van der Waals surface area contributed by atoms with Crippen LogP contribution in [0.2, 0.25) is 0 Å². The van der Waals surface area contributed by atoms with Gasteiger partial charge in [0.2, 0.25) is 11.8 Å². The molecule has 0 atom stereocenters. The number of hydrogen-bond acceptors (Lipinski definition) is 3. The number of nitrogens with two attached hydrogens (primary N) is 1. The normalized spacial score (nSPS) is 19.4. The summed E-state index contributed by atoms with van der Waals surface area (Å²) < 4.78 is 0. The highest BCUT2D eigenvalue weighted by Crippen LogP contribution is 1.93. The lowest BCUT2D eigenvalue weighted by atomic mass is 10.3. The summed E-state index contributed by atoms with van der Waals surface area (Å²) >= 11 is 0. The number of amides is 2. The summed E-state index contributed by atoms with van der Waals surface area (Å²) in [6.07, 6.45) is 0. The lowest BCUT2D eigenvalue weighted by molar-refractivity contribution is -0.134. The van der Waals surface area contributed by atoms with Gasteiger partial charge in [-0.15, -0.1) is 0 Å². The first-order valence-corrected chi connectivity index (χ1v) is 3.43. The Kier molecular flexibility index (Phi) is 2.27. The number of piperazine rings is 1. The van der Waals surface area contributed by atoms with E-state index in [1.54, 1.807) is 0 Å². The smallest absolute Gasteiger partial charge is 0.246 e. The van der Waals surface area contributed by atoms with Crippen LogP contribution in [0.3, 0.4) is 0 Å². The van der Waals surface area contributed by atoms with Crippen LogP contribution >= 0.6 is 0 Å². The molecule has 1 saturated heterocycles. The van der Waals surface area contributed by atoms with Crippen LogP contribution in [0.1, 0.15) is 0 Å². The number of aliphatic imine (C=N–C) groups is 1. The third-order valence-corrected chi connectivity index (χ3v) is 1.50. The van der Waals surface area contributed by atoms with Crippen LogP contribution in [0.5, 0.6) is 0 Å². The van der Waals surface area contributed by atoms with Gasteiger partial charge in [-0.25, -0.2) is 0 Å². The van der Waals surface area contributed by atoms with Crippen LogP contribution in [0.15, 0.2) is 4.99 Å². The lowest BCUT2D eigenvalue weighted by Gasteiger charge is -2.25. The molecule has 0 aliphatic carbocycles. The Morgan fingerprint density at radius 1 is 1.50 bits per heavy atom. The first kappa shape index (κ1) is 8.51. The Labute approximate surface area is 69.4 Å². The second kappa shape index (κ2) is 3.21. The van der Waals surface area contributed by atoms with Gasteiger partial charge in [-0.2, -0.15) is 0 Å². The number of imide groups is 1. The van der Waals surface area contributed by atoms with Crippen molar-refractivity contribution in [3.63, 3.8) is 0 Å². The maximum Gasteiger partial charge on any atom is 0.246 e. The van der Waals surface area contributed by atoms with Gasteiger partial charge in [0.1, 0.15) is 13.1 Å².